The zero-order chi connectivity index (χ0) is 19.2. The molecule has 5 nitrogen and oxygen atoms in total. The van der Waals surface area contributed by atoms with Gasteiger partial charge in [0.2, 0.25) is 11.8 Å². The fourth-order valence-corrected chi connectivity index (χ4v) is 3.47. The Kier molecular flexibility index (Phi) is 6.12. The van der Waals surface area contributed by atoms with Crippen molar-refractivity contribution < 1.29 is 14.3 Å². The maximum Gasteiger partial charge on any atom is 0.227 e. The van der Waals surface area contributed by atoms with Gasteiger partial charge in [0, 0.05) is 32.2 Å². The molecule has 1 aliphatic rings. The number of benzene rings is 2. The summed E-state index contributed by atoms with van der Waals surface area (Å²) >= 11 is 0. The second kappa shape index (κ2) is 8.71. The van der Waals surface area contributed by atoms with Gasteiger partial charge in [-0.2, -0.15) is 0 Å². The Morgan fingerprint density at radius 1 is 1.15 bits per heavy atom. The zero-order valence-corrected chi connectivity index (χ0v) is 15.9. The van der Waals surface area contributed by atoms with Crippen molar-refractivity contribution in [2.45, 2.75) is 19.3 Å². The van der Waals surface area contributed by atoms with Gasteiger partial charge in [-0.15, -0.1) is 0 Å². The topological polar surface area (TPSA) is 49.9 Å². The molecule has 1 saturated heterocycles. The molecule has 1 aliphatic heterocycles. The highest BCUT2D eigenvalue weighted by molar-refractivity contribution is 6.00. The second-order valence-corrected chi connectivity index (χ2v) is 6.95. The number of hydrogen-bond donors (Lipinski definition) is 0. The number of anilines is 1. The Morgan fingerprint density at radius 2 is 1.85 bits per heavy atom. The molecule has 142 valence electrons. The molecular weight excluding hydrogens is 340 g/mol. The Morgan fingerprint density at radius 3 is 2.52 bits per heavy atom. The van der Waals surface area contributed by atoms with Crippen molar-refractivity contribution in [1.29, 1.82) is 0 Å². The van der Waals surface area contributed by atoms with Crippen molar-refractivity contribution in [2.24, 2.45) is 5.92 Å². The summed E-state index contributed by atoms with van der Waals surface area (Å²) < 4.78 is 5.15. The van der Waals surface area contributed by atoms with Gasteiger partial charge >= 0.3 is 0 Å². The minimum Gasteiger partial charge on any atom is -0.497 e. The van der Waals surface area contributed by atoms with Crippen molar-refractivity contribution in [3.05, 3.63) is 60.2 Å². The molecule has 0 saturated carbocycles. The lowest BCUT2D eigenvalue weighted by molar-refractivity contribution is -0.134. The SMILES string of the molecule is COc1ccc(N2CC(C(=O)N(C)CCCc3ccccc3)CC2=O)cc1. The molecule has 2 aromatic rings. The first-order valence-electron chi connectivity index (χ1n) is 9.32. The van der Waals surface area contributed by atoms with Crippen LogP contribution in [0.3, 0.4) is 0 Å². The second-order valence-electron chi connectivity index (χ2n) is 6.95. The molecular formula is C22H26N2O3. The third kappa shape index (κ3) is 4.67. The van der Waals surface area contributed by atoms with E-state index in [9.17, 15) is 9.59 Å². The number of ether oxygens (including phenoxy) is 1. The number of methoxy groups -OCH3 is 1. The minimum atomic E-state index is -0.277. The minimum absolute atomic E-state index is 0.00352. The lowest BCUT2D eigenvalue weighted by Gasteiger charge is -2.21. The first-order chi connectivity index (χ1) is 13.1. The Balaban J connectivity index is 1.53. The van der Waals surface area contributed by atoms with Gasteiger partial charge in [0.15, 0.2) is 0 Å². The Hall–Kier alpha value is -2.82. The highest BCUT2D eigenvalue weighted by atomic mass is 16.5. The number of rotatable bonds is 7. The van der Waals surface area contributed by atoms with Gasteiger partial charge in [0.1, 0.15) is 5.75 Å². The number of carbonyl (C=O) groups is 2. The summed E-state index contributed by atoms with van der Waals surface area (Å²) in [6.45, 7) is 1.13. The van der Waals surface area contributed by atoms with Gasteiger partial charge in [-0.25, -0.2) is 0 Å². The van der Waals surface area contributed by atoms with Crippen molar-refractivity contribution in [3.8, 4) is 5.75 Å². The highest BCUT2D eigenvalue weighted by Gasteiger charge is 2.36. The van der Waals surface area contributed by atoms with Crippen LogP contribution in [-0.2, 0) is 16.0 Å². The molecule has 1 fully saturated rings. The molecule has 0 N–H and O–H groups in total. The van der Waals surface area contributed by atoms with Crippen LogP contribution in [0.5, 0.6) is 5.75 Å². The molecule has 0 radical (unpaired) electrons. The van der Waals surface area contributed by atoms with E-state index in [1.54, 1.807) is 16.9 Å². The van der Waals surface area contributed by atoms with E-state index < -0.39 is 0 Å². The van der Waals surface area contributed by atoms with Crippen molar-refractivity contribution in [1.82, 2.24) is 4.90 Å². The smallest absolute Gasteiger partial charge is 0.227 e. The largest absolute Gasteiger partial charge is 0.497 e. The van der Waals surface area contributed by atoms with Crippen LogP contribution in [0.4, 0.5) is 5.69 Å². The number of nitrogens with zero attached hydrogens (tertiary/aromatic N) is 2. The van der Waals surface area contributed by atoms with Crippen LogP contribution in [0.15, 0.2) is 54.6 Å². The molecule has 0 spiro atoms. The summed E-state index contributed by atoms with van der Waals surface area (Å²) in [4.78, 5) is 28.6. The number of hydrogen-bond acceptors (Lipinski definition) is 3. The summed E-state index contributed by atoms with van der Waals surface area (Å²) in [5.41, 5.74) is 2.09. The van der Waals surface area contributed by atoms with Crippen LogP contribution in [0.25, 0.3) is 0 Å². The maximum absolute atomic E-state index is 12.7. The number of amides is 2. The fourth-order valence-electron chi connectivity index (χ4n) is 3.47. The molecule has 1 heterocycles. The van der Waals surface area contributed by atoms with Crippen LogP contribution in [0.1, 0.15) is 18.4 Å². The quantitative estimate of drug-likeness (QED) is 0.756. The predicted octanol–water partition coefficient (Wildman–Crippen LogP) is 3.14. The summed E-state index contributed by atoms with van der Waals surface area (Å²) in [7, 11) is 3.44. The van der Waals surface area contributed by atoms with Crippen LogP contribution in [0.2, 0.25) is 0 Å². The lowest BCUT2D eigenvalue weighted by atomic mass is 10.1. The van der Waals surface area contributed by atoms with Crippen molar-refractivity contribution in [3.63, 3.8) is 0 Å². The van der Waals surface area contributed by atoms with Crippen LogP contribution in [-0.4, -0.2) is 44.0 Å². The molecule has 3 rings (SSSR count). The Bertz CT molecular complexity index is 774. The summed E-state index contributed by atoms with van der Waals surface area (Å²) in [5, 5.41) is 0. The highest BCUT2D eigenvalue weighted by Crippen LogP contribution is 2.27. The number of aryl methyl sites for hydroxylation is 1. The van der Waals surface area contributed by atoms with Gasteiger partial charge in [0.25, 0.3) is 0 Å². The predicted molar refractivity (Wildman–Crippen MR) is 106 cm³/mol. The lowest BCUT2D eigenvalue weighted by Crippen LogP contribution is -2.35. The van der Waals surface area contributed by atoms with E-state index in [0.717, 1.165) is 24.3 Å². The molecule has 1 atom stereocenters. The Labute approximate surface area is 160 Å². The summed E-state index contributed by atoms with van der Waals surface area (Å²) in [6, 6.07) is 17.6. The van der Waals surface area contributed by atoms with Crippen molar-refractivity contribution >= 4 is 17.5 Å². The molecule has 0 aliphatic carbocycles. The van der Waals surface area contributed by atoms with E-state index in [-0.39, 0.29) is 24.2 Å². The molecule has 1 unspecified atom stereocenters. The van der Waals surface area contributed by atoms with Gasteiger partial charge in [0.05, 0.1) is 13.0 Å². The van der Waals surface area contributed by atoms with Crippen LogP contribution in [0, 0.1) is 5.92 Å². The van der Waals surface area contributed by atoms with E-state index >= 15 is 0 Å². The maximum atomic E-state index is 12.7. The summed E-state index contributed by atoms with van der Waals surface area (Å²) in [5.74, 6) is 0.515. The van der Waals surface area contributed by atoms with E-state index in [4.69, 9.17) is 4.74 Å². The van der Waals surface area contributed by atoms with E-state index in [0.29, 0.717) is 13.1 Å². The zero-order valence-electron chi connectivity index (χ0n) is 15.9. The van der Waals surface area contributed by atoms with Gasteiger partial charge in [-0.1, -0.05) is 30.3 Å². The average molecular weight is 366 g/mol. The van der Waals surface area contributed by atoms with Crippen molar-refractivity contribution in [2.75, 3.05) is 32.1 Å². The molecule has 2 amide bonds. The third-order valence-electron chi connectivity index (χ3n) is 5.04. The van der Waals surface area contributed by atoms with Gasteiger partial charge < -0.3 is 14.5 Å². The molecule has 2 aromatic carbocycles. The molecule has 0 aromatic heterocycles. The van der Waals surface area contributed by atoms with Crippen LogP contribution >= 0.6 is 0 Å². The first-order valence-corrected chi connectivity index (χ1v) is 9.32. The third-order valence-corrected chi connectivity index (χ3v) is 5.04. The van der Waals surface area contributed by atoms with Gasteiger partial charge in [-0.05, 0) is 42.7 Å². The van der Waals surface area contributed by atoms with E-state index in [2.05, 4.69) is 12.1 Å². The van der Waals surface area contributed by atoms with E-state index in [1.165, 1.54) is 5.56 Å². The molecule has 0 bridgehead atoms. The summed E-state index contributed by atoms with van der Waals surface area (Å²) in [6.07, 6.45) is 2.13. The fraction of sp³-hybridized carbons (Fsp3) is 0.364. The van der Waals surface area contributed by atoms with Crippen LogP contribution < -0.4 is 9.64 Å². The standard InChI is InChI=1S/C22H26N2O3/c1-23(14-6-9-17-7-4-3-5-8-17)22(26)18-15-21(25)24(16-18)19-10-12-20(27-2)13-11-19/h3-5,7-8,10-13,18H,6,9,14-16H2,1-2H3. The number of carbonyl (C=O) groups excluding carboxylic acids is 2. The monoisotopic (exact) mass is 366 g/mol. The normalized spacial score (nSPS) is 16.4. The average Bonchev–Trinajstić information content (AvgIpc) is 3.09. The molecule has 5 heteroatoms. The van der Waals surface area contributed by atoms with Gasteiger partial charge in [-0.3, -0.25) is 9.59 Å². The molecule has 27 heavy (non-hydrogen) atoms. The van der Waals surface area contributed by atoms with E-state index in [1.807, 2.05) is 49.5 Å². The first kappa shape index (κ1) is 19.0.